The largest absolute Gasteiger partial charge is 0.480 e. The van der Waals surface area contributed by atoms with E-state index >= 15 is 0 Å². The van der Waals surface area contributed by atoms with E-state index in [0.29, 0.717) is 0 Å². The molecular formula is C23H17FN2O3S2. The topological polar surface area (TPSA) is 69.6 Å². The van der Waals surface area contributed by atoms with Crippen molar-refractivity contribution >= 4 is 46.6 Å². The predicted molar refractivity (Wildman–Crippen MR) is 122 cm³/mol. The van der Waals surface area contributed by atoms with Gasteiger partial charge in [0.25, 0.3) is 5.91 Å². The normalized spacial score (nSPS) is 15.9. The third kappa shape index (κ3) is 4.55. The average molecular weight is 453 g/mol. The van der Waals surface area contributed by atoms with Crippen molar-refractivity contribution in [2.24, 2.45) is 0 Å². The van der Waals surface area contributed by atoms with Gasteiger partial charge in [-0.25, -0.2) is 9.18 Å². The Labute approximate surface area is 187 Å². The number of aliphatic carboxylic acids is 1. The number of carbonyl (C=O) groups is 2. The predicted octanol–water partition coefficient (Wildman–Crippen LogP) is 4.31. The Bertz CT molecular complexity index is 1170. The van der Waals surface area contributed by atoms with Crippen LogP contribution < -0.4 is 5.32 Å². The number of thiophene rings is 1. The number of amides is 1. The molecule has 2 N–H and O–H groups in total. The van der Waals surface area contributed by atoms with Gasteiger partial charge in [-0.05, 0) is 53.7 Å². The van der Waals surface area contributed by atoms with Crippen LogP contribution in [0.2, 0.25) is 0 Å². The van der Waals surface area contributed by atoms with Crippen LogP contribution in [-0.4, -0.2) is 33.0 Å². The zero-order valence-electron chi connectivity index (χ0n) is 16.1. The number of rotatable bonds is 6. The van der Waals surface area contributed by atoms with Gasteiger partial charge < -0.3 is 10.4 Å². The third-order valence-corrected chi connectivity index (χ3v) is 6.20. The number of nitrogens with zero attached hydrogens (tertiary/aromatic N) is 1. The molecule has 2 aromatic carbocycles. The number of carboxylic acids is 1. The quantitative estimate of drug-likeness (QED) is 0.431. The molecule has 8 heteroatoms. The highest BCUT2D eigenvalue weighted by Crippen LogP contribution is 2.30. The molecule has 0 radical (unpaired) electrons. The van der Waals surface area contributed by atoms with Crippen molar-refractivity contribution in [2.75, 3.05) is 0 Å². The van der Waals surface area contributed by atoms with Crippen LogP contribution in [0.1, 0.15) is 10.4 Å². The minimum absolute atomic E-state index is 0.0647. The molecular weight excluding hydrogens is 435 g/mol. The maximum Gasteiger partial charge on any atom is 0.327 e. The van der Waals surface area contributed by atoms with Crippen LogP contribution >= 0.6 is 23.6 Å². The minimum atomic E-state index is -1.13. The van der Waals surface area contributed by atoms with Crippen LogP contribution in [0.25, 0.3) is 16.5 Å². The monoisotopic (exact) mass is 452 g/mol. The van der Waals surface area contributed by atoms with Gasteiger partial charge in [-0.3, -0.25) is 9.69 Å². The SMILES string of the molecule is O=C(O)C(Cc1ccccc1)N1C(=O)C(=Cc2ccc(-c3ccc(F)cc3)s2)NC1=S. The van der Waals surface area contributed by atoms with E-state index in [9.17, 15) is 19.1 Å². The van der Waals surface area contributed by atoms with Gasteiger partial charge in [-0.2, -0.15) is 0 Å². The first-order valence-corrected chi connectivity index (χ1v) is 10.6. The van der Waals surface area contributed by atoms with Crippen LogP contribution in [0.5, 0.6) is 0 Å². The van der Waals surface area contributed by atoms with E-state index < -0.39 is 17.9 Å². The number of hydrogen-bond acceptors (Lipinski definition) is 4. The maximum absolute atomic E-state index is 13.1. The molecule has 31 heavy (non-hydrogen) atoms. The lowest BCUT2D eigenvalue weighted by atomic mass is 10.0. The lowest BCUT2D eigenvalue weighted by Crippen LogP contribution is -2.46. The zero-order valence-corrected chi connectivity index (χ0v) is 17.8. The summed E-state index contributed by atoms with van der Waals surface area (Å²) in [5, 5.41) is 12.6. The van der Waals surface area contributed by atoms with E-state index in [1.54, 1.807) is 18.2 Å². The third-order valence-electron chi connectivity index (χ3n) is 4.82. The van der Waals surface area contributed by atoms with E-state index in [-0.39, 0.29) is 23.0 Å². The van der Waals surface area contributed by atoms with E-state index in [4.69, 9.17) is 12.2 Å². The van der Waals surface area contributed by atoms with E-state index in [0.717, 1.165) is 25.8 Å². The summed E-state index contributed by atoms with van der Waals surface area (Å²) < 4.78 is 13.1. The molecule has 1 aromatic heterocycles. The molecule has 5 nitrogen and oxygen atoms in total. The summed E-state index contributed by atoms with van der Waals surface area (Å²) in [4.78, 5) is 27.7. The van der Waals surface area contributed by atoms with Gasteiger partial charge in [0.05, 0.1) is 0 Å². The van der Waals surface area contributed by atoms with Crippen molar-refractivity contribution in [3.05, 3.63) is 88.7 Å². The number of thiocarbonyl (C=S) groups is 1. The molecule has 0 spiro atoms. The average Bonchev–Trinajstić information content (AvgIpc) is 3.32. The van der Waals surface area contributed by atoms with Crippen molar-refractivity contribution in [2.45, 2.75) is 12.5 Å². The summed E-state index contributed by atoms with van der Waals surface area (Å²) >= 11 is 6.71. The molecule has 1 unspecified atom stereocenters. The highest BCUT2D eigenvalue weighted by atomic mass is 32.1. The fraction of sp³-hybridized carbons (Fsp3) is 0.0870. The maximum atomic E-state index is 13.1. The number of halogens is 1. The Morgan fingerprint density at radius 2 is 1.84 bits per heavy atom. The van der Waals surface area contributed by atoms with Gasteiger partial charge in [0.15, 0.2) is 5.11 Å². The summed E-state index contributed by atoms with van der Waals surface area (Å²) in [6.45, 7) is 0. The fourth-order valence-corrected chi connectivity index (χ4v) is 4.58. The second-order valence-corrected chi connectivity index (χ2v) is 8.42. The van der Waals surface area contributed by atoms with Crippen LogP contribution in [0.15, 0.2) is 72.4 Å². The molecule has 1 aliphatic heterocycles. The molecule has 156 valence electrons. The molecule has 1 aliphatic rings. The van der Waals surface area contributed by atoms with E-state index in [2.05, 4.69) is 5.32 Å². The lowest BCUT2D eigenvalue weighted by molar-refractivity contribution is -0.145. The number of hydrogen-bond donors (Lipinski definition) is 2. The summed E-state index contributed by atoms with van der Waals surface area (Å²) in [5.41, 5.74) is 1.88. The van der Waals surface area contributed by atoms with Crippen molar-refractivity contribution in [3.8, 4) is 10.4 Å². The standard InChI is InChI=1S/C23H17FN2O3S2/c24-16-8-6-15(7-9-16)20-11-10-17(31-20)13-18-21(27)26(23(30)25-18)19(22(28)29)12-14-4-2-1-3-5-14/h1-11,13,19H,12H2,(H,25,30)(H,28,29). The van der Waals surface area contributed by atoms with Gasteiger partial charge >= 0.3 is 5.97 Å². The molecule has 1 fully saturated rings. The Morgan fingerprint density at radius 1 is 1.13 bits per heavy atom. The van der Waals surface area contributed by atoms with E-state index in [1.165, 1.54) is 23.5 Å². The number of carboxylic acid groups (broad SMARTS) is 1. The molecule has 0 saturated carbocycles. The smallest absolute Gasteiger partial charge is 0.327 e. The van der Waals surface area contributed by atoms with Gasteiger partial charge in [-0.1, -0.05) is 42.5 Å². The molecule has 0 bridgehead atoms. The number of nitrogens with one attached hydrogen (secondary N) is 1. The summed E-state index contributed by atoms with van der Waals surface area (Å²) in [6.07, 6.45) is 1.79. The molecule has 3 aromatic rings. The highest BCUT2D eigenvalue weighted by molar-refractivity contribution is 7.80. The Hall–Kier alpha value is -3.36. The van der Waals surface area contributed by atoms with Crippen molar-refractivity contribution in [3.63, 3.8) is 0 Å². The lowest BCUT2D eigenvalue weighted by Gasteiger charge is -2.22. The van der Waals surface area contributed by atoms with Crippen molar-refractivity contribution in [1.29, 1.82) is 0 Å². The first-order chi connectivity index (χ1) is 14.9. The highest BCUT2D eigenvalue weighted by Gasteiger charge is 2.39. The Balaban J connectivity index is 1.56. The minimum Gasteiger partial charge on any atom is -0.480 e. The number of benzene rings is 2. The van der Waals surface area contributed by atoms with Gasteiger partial charge in [0.2, 0.25) is 0 Å². The van der Waals surface area contributed by atoms with Gasteiger partial charge in [0, 0.05) is 16.2 Å². The second kappa shape index (κ2) is 8.79. The number of carbonyl (C=O) groups excluding carboxylic acids is 1. The molecule has 1 atom stereocenters. The van der Waals surface area contributed by atoms with E-state index in [1.807, 2.05) is 42.5 Å². The zero-order chi connectivity index (χ0) is 22.0. The molecule has 1 saturated heterocycles. The van der Waals surface area contributed by atoms with Crippen molar-refractivity contribution < 1.29 is 19.1 Å². The first kappa shape index (κ1) is 20.9. The fourth-order valence-electron chi connectivity index (χ4n) is 3.30. The van der Waals surface area contributed by atoms with Crippen LogP contribution in [0.4, 0.5) is 4.39 Å². The molecule has 0 aliphatic carbocycles. The molecule has 2 heterocycles. The van der Waals surface area contributed by atoms with Gasteiger partial charge in [0.1, 0.15) is 17.6 Å². The Kier molecular flexibility index (Phi) is 5.92. The van der Waals surface area contributed by atoms with Crippen LogP contribution in [0, 0.1) is 5.82 Å². The first-order valence-electron chi connectivity index (χ1n) is 9.41. The van der Waals surface area contributed by atoms with Crippen LogP contribution in [0.3, 0.4) is 0 Å². The second-order valence-electron chi connectivity index (χ2n) is 6.92. The van der Waals surface area contributed by atoms with Crippen molar-refractivity contribution in [1.82, 2.24) is 10.2 Å². The molecule has 4 rings (SSSR count). The summed E-state index contributed by atoms with van der Waals surface area (Å²) in [5.74, 6) is -1.91. The summed E-state index contributed by atoms with van der Waals surface area (Å²) in [6, 6.07) is 17.9. The summed E-state index contributed by atoms with van der Waals surface area (Å²) in [7, 11) is 0. The van der Waals surface area contributed by atoms with Gasteiger partial charge in [-0.15, -0.1) is 11.3 Å². The Morgan fingerprint density at radius 3 is 2.52 bits per heavy atom. The molecule has 1 amide bonds. The van der Waals surface area contributed by atoms with Crippen LogP contribution in [-0.2, 0) is 16.0 Å².